The van der Waals surface area contributed by atoms with E-state index in [0.29, 0.717) is 6.42 Å². The molecule has 0 radical (unpaired) electrons. The molecule has 0 N–H and O–H groups in total. The van der Waals surface area contributed by atoms with Crippen molar-refractivity contribution in [1.82, 2.24) is 0 Å². The molecule has 0 saturated heterocycles. The molecule has 5 heteroatoms. The van der Waals surface area contributed by atoms with Gasteiger partial charge in [-0.15, -0.1) is 0 Å². The van der Waals surface area contributed by atoms with Crippen LogP contribution in [0.25, 0.3) is 0 Å². The number of ether oxygens (including phenoxy) is 1. The molecule has 1 aliphatic heterocycles. The van der Waals surface area contributed by atoms with E-state index in [4.69, 9.17) is 4.74 Å². The third kappa shape index (κ3) is 4.27. The first-order chi connectivity index (χ1) is 10.8. The third-order valence-corrected chi connectivity index (χ3v) is 4.24. The molecular formula is C18H22F4O. The van der Waals surface area contributed by atoms with Gasteiger partial charge in [0, 0.05) is 5.56 Å². The van der Waals surface area contributed by atoms with Gasteiger partial charge in [0.05, 0.1) is 11.8 Å². The molecule has 0 spiro atoms. The summed E-state index contributed by atoms with van der Waals surface area (Å²) in [5.41, 5.74) is -0.147. The van der Waals surface area contributed by atoms with Gasteiger partial charge in [-0.2, -0.15) is 13.2 Å². The lowest BCUT2D eigenvalue weighted by molar-refractivity contribution is -0.140. The number of hydrogen-bond donors (Lipinski definition) is 0. The molecule has 0 aromatic heterocycles. The maximum atomic E-state index is 14.3. The molecule has 0 amide bonds. The topological polar surface area (TPSA) is 9.23 Å². The Morgan fingerprint density at radius 3 is 2.52 bits per heavy atom. The van der Waals surface area contributed by atoms with Crippen molar-refractivity contribution in [2.75, 3.05) is 0 Å². The summed E-state index contributed by atoms with van der Waals surface area (Å²) in [6.45, 7) is 3.39. The second-order valence-corrected chi connectivity index (χ2v) is 6.06. The highest BCUT2D eigenvalue weighted by Gasteiger charge is 2.38. The molecular weight excluding hydrogens is 308 g/mol. The number of alkyl halides is 3. The van der Waals surface area contributed by atoms with E-state index in [9.17, 15) is 17.6 Å². The summed E-state index contributed by atoms with van der Waals surface area (Å²) < 4.78 is 58.9. The smallest absolute Gasteiger partial charge is 0.419 e. The number of rotatable bonds is 5. The Kier molecular flexibility index (Phi) is 5.71. The van der Waals surface area contributed by atoms with Crippen molar-refractivity contribution in [3.8, 4) is 0 Å². The highest BCUT2D eigenvalue weighted by Crippen LogP contribution is 2.39. The standard InChI is InChI=1S/C18H22F4O/c1-3-4-5-6-13-8-10-15(23-11-13)14-9-7-12(2)16(17(14)19)18(20,21)22/h7,9,11,15H,3-6,8,10H2,1-2H3. The van der Waals surface area contributed by atoms with Crippen molar-refractivity contribution >= 4 is 0 Å². The fourth-order valence-corrected chi connectivity index (χ4v) is 2.92. The van der Waals surface area contributed by atoms with Gasteiger partial charge in [-0.05, 0) is 43.7 Å². The molecule has 1 atom stereocenters. The fraction of sp³-hybridized carbons (Fsp3) is 0.556. The zero-order valence-corrected chi connectivity index (χ0v) is 13.5. The highest BCUT2D eigenvalue weighted by atomic mass is 19.4. The molecule has 128 valence electrons. The Bertz CT molecular complexity index is 575. The average Bonchev–Trinajstić information content (AvgIpc) is 2.47. The van der Waals surface area contributed by atoms with Crippen molar-refractivity contribution in [3.63, 3.8) is 0 Å². The molecule has 1 unspecified atom stereocenters. The second-order valence-electron chi connectivity index (χ2n) is 6.06. The predicted molar refractivity (Wildman–Crippen MR) is 81.4 cm³/mol. The number of benzene rings is 1. The summed E-state index contributed by atoms with van der Waals surface area (Å²) in [5, 5.41) is 0. The lowest BCUT2D eigenvalue weighted by atomic mass is 9.94. The predicted octanol–water partition coefficient (Wildman–Crippen LogP) is 6.47. The van der Waals surface area contributed by atoms with Crippen LogP contribution in [-0.2, 0) is 10.9 Å². The SMILES string of the molecule is CCCCCC1=COC(c2ccc(C)c(C(F)(F)F)c2F)CC1. The van der Waals surface area contributed by atoms with Gasteiger partial charge in [0.2, 0.25) is 0 Å². The van der Waals surface area contributed by atoms with Crippen molar-refractivity contribution in [2.24, 2.45) is 0 Å². The van der Waals surface area contributed by atoms with Crippen molar-refractivity contribution in [1.29, 1.82) is 0 Å². The van der Waals surface area contributed by atoms with Crippen LogP contribution in [0.1, 0.15) is 68.2 Å². The van der Waals surface area contributed by atoms with Gasteiger partial charge in [0.1, 0.15) is 11.9 Å². The molecule has 1 aromatic carbocycles. The van der Waals surface area contributed by atoms with Gasteiger partial charge in [-0.3, -0.25) is 0 Å². The Hall–Kier alpha value is -1.52. The summed E-state index contributed by atoms with van der Waals surface area (Å²) in [7, 11) is 0. The Morgan fingerprint density at radius 1 is 1.22 bits per heavy atom. The quantitative estimate of drug-likeness (QED) is 0.444. The summed E-state index contributed by atoms with van der Waals surface area (Å²) >= 11 is 0. The van der Waals surface area contributed by atoms with Crippen LogP contribution in [-0.4, -0.2) is 0 Å². The van der Waals surface area contributed by atoms with E-state index in [1.54, 1.807) is 6.26 Å². The monoisotopic (exact) mass is 330 g/mol. The largest absolute Gasteiger partial charge is 0.493 e. The minimum atomic E-state index is -4.69. The molecule has 0 aliphatic carbocycles. The molecule has 0 fully saturated rings. The Morgan fingerprint density at radius 2 is 1.96 bits per heavy atom. The summed E-state index contributed by atoms with van der Waals surface area (Å²) in [6, 6.07) is 2.71. The fourth-order valence-electron chi connectivity index (χ4n) is 2.92. The number of aryl methyl sites for hydroxylation is 1. The van der Waals surface area contributed by atoms with Crippen LogP contribution in [0.3, 0.4) is 0 Å². The van der Waals surface area contributed by atoms with Crippen molar-refractivity contribution < 1.29 is 22.3 Å². The number of halogens is 4. The van der Waals surface area contributed by atoms with Crippen LogP contribution in [0.4, 0.5) is 17.6 Å². The normalized spacial score (nSPS) is 18.5. The van der Waals surface area contributed by atoms with Crippen LogP contribution < -0.4 is 0 Å². The van der Waals surface area contributed by atoms with E-state index in [-0.39, 0.29) is 11.1 Å². The van der Waals surface area contributed by atoms with Gasteiger partial charge in [0.15, 0.2) is 0 Å². The zero-order valence-electron chi connectivity index (χ0n) is 13.5. The number of allylic oxidation sites excluding steroid dienone is 1. The molecule has 1 nitrogen and oxygen atoms in total. The van der Waals surface area contributed by atoms with Crippen molar-refractivity contribution in [3.05, 3.63) is 46.5 Å². The van der Waals surface area contributed by atoms with Gasteiger partial charge < -0.3 is 4.74 Å². The molecule has 23 heavy (non-hydrogen) atoms. The van der Waals surface area contributed by atoms with Crippen LogP contribution in [0.15, 0.2) is 24.0 Å². The van der Waals surface area contributed by atoms with Crippen molar-refractivity contribution in [2.45, 2.75) is 64.7 Å². The first kappa shape index (κ1) is 17.8. The first-order valence-electron chi connectivity index (χ1n) is 8.04. The maximum Gasteiger partial charge on any atom is 0.419 e. The van der Waals surface area contributed by atoms with E-state index in [2.05, 4.69) is 6.92 Å². The van der Waals surface area contributed by atoms with Crippen LogP contribution in [0.2, 0.25) is 0 Å². The molecule has 0 saturated carbocycles. The number of unbranched alkanes of at least 4 members (excludes halogenated alkanes) is 2. The van der Waals surface area contributed by atoms with E-state index in [1.165, 1.54) is 19.1 Å². The van der Waals surface area contributed by atoms with E-state index in [0.717, 1.165) is 37.7 Å². The zero-order chi connectivity index (χ0) is 17.0. The molecule has 2 rings (SSSR count). The Balaban J connectivity index is 2.15. The van der Waals surface area contributed by atoms with E-state index in [1.807, 2.05) is 0 Å². The minimum absolute atomic E-state index is 0.00761. The lowest BCUT2D eigenvalue weighted by Gasteiger charge is -2.25. The second kappa shape index (κ2) is 7.37. The van der Waals surface area contributed by atoms with Crippen LogP contribution >= 0.6 is 0 Å². The number of hydrogen-bond acceptors (Lipinski definition) is 1. The third-order valence-electron chi connectivity index (χ3n) is 4.24. The van der Waals surface area contributed by atoms with Crippen LogP contribution in [0, 0.1) is 12.7 Å². The minimum Gasteiger partial charge on any atom is -0.493 e. The average molecular weight is 330 g/mol. The van der Waals surface area contributed by atoms with Crippen LogP contribution in [0.5, 0.6) is 0 Å². The maximum absolute atomic E-state index is 14.3. The highest BCUT2D eigenvalue weighted by molar-refractivity contribution is 5.36. The first-order valence-corrected chi connectivity index (χ1v) is 8.04. The van der Waals surface area contributed by atoms with E-state index >= 15 is 0 Å². The Labute approximate surface area is 134 Å². The summed E-state index contributed by atoms with van der Waals surface area (Å²) in [4.78, 5) is 0. The van der Waals surface area contributed by atoms with Gasteiger partial charge in [-0.25, -0.2) is 4.39 Å². The van der Waals surface area contributed by atoms with E-state index < -0.39 is 23.7 Å². The summed E-state index contributed by atoms with van der Waals surface area (Å²) in [5.74, 6) is -1.20. The molecule has 0 bridgehead atoms. The molecule has 1 aromatic rings. The van der Waals surface area contributed by atoms with Gasteiger partial charge in [-0.1, -0.05) is 31.9 Å². The lowest BCUT2D eigenvalue weighted by Crippen LogP contribution is -2.16. The van der Waals surface area contributed by atoms with Gasteiger partial charge >= 0.3 is 6.18 Å². The summed E-state index contributed by atoms with van der Waals surface area (Å²) in [6.07, 6.45) is 1.80. The molecule has 1 aliphatic rings. The van der Waals surface area contributed by atoms with Gasteiger partial charge in [0.25, 0.3) is 0 Å². The molecule has 1 heterocycles.